The second-order valence-electron chi connectivity index (χ2n) is 11.2. The van der Waals surface area contributed by atoms with Gasteiger partial charge < -0.3 is 20.3 Å². The van der Waals surface area contributed by atoms with Gasteiger partial charge in [0.1, 0.15) is 17.7 Å². The minimum Gasteiger partial charge on any atom is -0.444 e. The summed E-state index contributed by atoms with van der Waals surface area (Å²) in [5, 5.41) is 6.18. The Morgan fingerprint density at radius 1 is 1.07 bits per heavy atom. The number of alkyl carbamates (subject to hydrolysis) is 1. The van der Waals surface area contributed by atoms with Crippen molar-refractivity contribution in [2.24, 2.45) is 5.92 Å². The van der Waals surface area contributed by atoms with Crippen molar-refractivity contribution in [3.63, 3.8) is 0 Å². The fourth-order valence-electron chi connectivity index (χ4n) is 4.35. The summed E-state index contributed by atoms with van der Waals surface area (Å²) >= 11 is 6.45. The Labute approximate surface area is 244 Å². The first kappa shape index (κ1) is 32.9. The van der Waals surface area contributed by atoms with E-state index < -0.39 is 29.7 Å². The molecule has 0 saturated carbocycles. The number of hydrogen-bond acceptors (Lipinski definition) is 4. The van der Waals surface area contributed by atoms with Crippen LogP contribution >= 0.6 is 11.6 Å². The van der Waals surface area contributed by atoms with Crippen molar-refractivity contribution < 1.29 is 19.1 Å². The minimum absolute atomic E-state index is 0.222. The molecule has 0 bridgehead atoms. The van der Waals surface area contributed by atoms with Gasteiger partial charge in [0.15, 0.2) is 0 Å². The fourth-order valence-corrected chi connectivity index (χ4v) is 4.62. The summed E-state index contributed by atoms with van der Waals surface area (Å²) in [4.78, 5) is 43.0. The number of para-hydroxylation sites is 1. The van der Waals surface area contributed by atoms with Crippen molar-refractivity contribution >= 4 is 41.3 Å². The Balaban J connectivity index is 2.67. The number of amides is 3. The predicted molar refractivity (Wildman–Crippen MR) is 163 cm³/mol. The van der Waals surface area contributed by atoms with Gasteiger partial charge in [0.05, 0.1) is 10.7 Å². The van der Waals surface area contributed by atoms with E-state index in [0.29, 0.717) is 29.1 Å². The number of ether oxygens (including phenoxy) is 1. The first-order chi connectivity index (χ1) is 18.7. The number of nitrogens with zero attached hydrogens (tertiary/aromatic N) is 1. The molecule has 0 aliphatic heterocycles. The molecular weight excluding hydrogens is 526 g/mol. The topological polar surface area (TPSA) is 87.7 Å². The Hall–Kier alpha value is -3.32. The van der Waals surface area contributed by atoms with E-state index in [0.717, 1.165) is 11.1 Å². The summed E-state index contributed by atoms with van der Waals surface area (Å²) in [5.74, 6) is -0.999. The van der Waals surface area contributed by atoms with E-state index in [1.807, 2.05) is 71.0 Å². The molecule has 7 nitrogen and oxygen atoms in total. The average molecular weight is 570 g/mol. The molecule has 2 aromatic rings. The SMILES string of the molecule is C=Cc1cccc(C(C(=O)Nc2c(C)cccc2Cl)N(C(=O)C(NC(=O)OC(C)(C)C)C(C)CC)C(C)CC)c1. The lowest BCUT2D eigenvalue weighted by atomic mass is 9.93. The molecule has 3 amide bonds. The van der Waals surface area contributed by atoms with Crippen LogP contribution in [0.4, 0.5) is 10.5 Å². The molecule has 0 spiro atoms. The number of aryl methyl sites for hydroxylation is 1. The Morgan fingerprint density at radius 2 is 1.73 bits per heavy atom. The normalized spacial score (nSPS) is 14.3. The van der Waals surface area contributed by atoms with Gasteiger partial charge in [0.25, 0.3) is 5.91 Å². The van der Waals surface area contributed by atoms with Crippen LogP contribution in [0.25, 0.3) is 6.08 Å². The minimum atomic E-state index is -1.01. The van der Waals surface area contributed by atoms with Crippen LogP contribution < -0.4 is 10.6 Å². The van der Waals surface area contributed by atoms with Gasteiger partial charge in [0.2, 0.25) is 5.91 Å². The van der Waals surface area contributed by atoms with Crippen LogP contribution in [0, 0.1) is 12.8 Å². The standard InChI is InChI=1S/C32H44ClN3O4/c1-10-20(4)27(35-31(39)40-32(7,8)9)30(38)36(22(6)11-2)28(24-17-14-16-23(12-3)19-24)29(37)34-26-21(5)15-13-18-25(26)33/h12-20,22,27-28H,3,10-11H2,1-2,4-9H3,(H,34,37)(H,35,39). The van der Waals surface area contributed by atoms with Gasteiger partial charge in [-0.05, 0) is 75.8 Å². The molecule has 8 heteroatoms. The Kier molecular flexibility index (Phi) is 11.8. The highest BCUT2D eigenvalue weighted by molar-refractivity contribution is 6.34. The molecule has 2 N–H and O–H groups in total. The van der Waals surface area contributed by atoms with Gasteiger partial charge in [0, 0.05) is 6.04 Å². The average Bonchev–Trinajstić information content (AvgIpc) is 2.90. The summed E-state index contributed by atoms with van der Waals surface area (Å²) in [7, 11) is 0. The van der Waals surface area contributed by atoms with E-state index >= 15 is 0 Å². The quantitative estimate of drug-likeness (QED) is 0.292. The van der Waals surface area contributed by atoms with E-state index in [1.54, 1.807) is 37.8 Å². The van der Waals surface area contributed by atoms with Gasteiger partial charge in [-0.2, -0.15) is 0 Å². The number of halogens is 1. The fraction of sp³-hybridized carbons (Fsp3) is 0.469. The molecule has 0 aliphatic rings. The molecule has 40 heavy (non-hydrogen) atoms. The molecule has 0 saturated heterocycles. The number of nitrogens with one attached hydrogen (secondary N) is 2. The zero-order chi connectivity index (χ0) is 30.2. The van der Waals surface area contributed by atoms with Crippen molar-refractivity contribution in [3.05, 3.63) is 70.8 Å². The highest BCUT2D eigenvalue weighted by Crippen LogP contribution is 2.32. The summed E-state index contributed by atoms with van der Waals surface area (Å²) in [6.45, 7) is 18.7. The molecule has 0 heterocycles. The lowest BCUT2D eigenvalue weighted by Crippen LogP contribution is -2.56. The maximum atomic E-state index is 14.4. The van der Waals surface area contributed by atoms with E-state index in [-0.39, 0.29) is 17.9 Å². The Bertz CT molecular complexity index is 1190. The molecule has 0 aromatic heterocycles. The second-order valence-corrected chi connectivity index (χ2v) is 11.6. The third-order valence-corrected chi connectivity index (χ3v) is 7.25. The van der Waals surface area contributed by atoms with Crippen LogP contribution in [-0.4, -0.2) is 40.5 Å². The molecule has 0 radical (unpaired) electrons. The zero-order valence-corrected chi connectivity index (χ0v) is 25.8. The number of anilines is 1. The summed E-state index contributed by atoms with van der Waals surface area (Å²) in [6.07, 6.45) is 2.22. The van der Waals surface area contributed by atoms with Gasteiger partial charge in [-0.25, -0.2) is 4.79 Å². The predicted octanol–water partition coefficient (Wildman–Crippen LogP) is 7.54. The number of rotatable bonds is 11. The van der Waals surface area contributed by atoms with E-state index in [2.05, 4.69) is 17.2 Å². The van der Waals surface area contributed by atoms with Gasteiger partial charge in [-0.3, -0.25) is 9.59 Å². The molecule has 4 unspecified atom stereocenters. The number of carbonyl (C=O) groups is 3. The van der Waals surface area contributed by atoms with Crippen molar-refractivity contribution in [2.75, 3.05) is 5.32 Å². The summed E-state index contributed by atoms with van der Waals surface area (Å²) in [5.41, 5.74) is 1.98. The number of hydrogen-bond donors (Lipinski definition) is 2. The van der Waals surface area contributed by atoms with E-state index in [4.69, 9.17) is 16.3 Å². The van der Waals surface area contributed by atoms with Crippen LogP contribution in [0.15, 0.2) is 49.0 Å². The van der Waals surface area contributed by atoms with Crippen LogP contribution in [-0.2, 0) is 14.3 Å². The van der Waals surface area contributed by atoms with Crippen LogP contribution in [0.5, 0.6) is 0 Å². The second kappa shape index (κ2) is 14.4. The van der Waals surface area contributed by atoms with Crippen LogP contribution in [0.2, 0.25) is 5.02 Å². The monoisotopic (exact) mass is 569 g/mol. The van der Waals surface area contributed by atoms with Crippen LogP contribution in [0.1, 0.15) is 84.0 Å². The molecule has 2 aromatic carbocycles. The van der Waals surface area contributed by atoms with Crippen molar-refractivity contribution in [1.29, 1.82) is 0 Å². The van der Waals surface area contributed by atoms with Gasteiger partial charge >= 0.3 is 6.09 Å². The zero-order valence-electron chi connectivity index (χ0n) is 25.0. The first-order valence-electron chi connectivity index (χ1n) is 13.8. The highest BCUT2D eigenvalue weighted by Gasteiger charge is 2.40. The lowest BCUT2D eigenvalue weighted by molar-refractivity contribution is -0.144. The van der Waals surface area contributed by atoms with Crippen molar-refractivity contribution in [3.8, 4) is 0 Å². The molecule has 218 valence electrons. The Morgan fingerprint density at radius 3 is 2.27 bits per heavy atom. The van der Waals surface area contributed by atoms with Crippen molar-refractivity contribution in [2.45, 2.75) is 92.0 Å². The third-order valence-electron chi connectivity index (χ3n) is 6.93. The molecular formula is C32H44ClN3O4. The van der Waals surface area contributed by atoms with E-state index in [1.165, 1.54) is 0 Å². The number of carbonyl (C=O) groups excluding carboxylic acids is 3. The van der Waals surface area contributed by atoms with Gasteiger partial charge in [-0.15, -0.1) is 0 Å². The molecule has 0 fully saturated rings. The highest BCUT2D eigenvalue weighted by atomic mass is 35.5. The lowest BCUT2D eigenvalue weighted by Gasteiger charge is -2.39. The maximum Gasteiger partial charge on any atom is 0.408 e. The van der Waals surface area contributed by atoms with Crippen molar-refractivity contribution in [1.82, 2.24) is 10.2 Å². The maximum absolute atomic E-state index is 14.4. The smallest absolute Gasteiger partial charge is 0.408 e. The molecule has 4 atom stereocenters. The third kappa shape index (κ3) is 8.59. The first-order valence-corrected chi connectivity index (χ1v) is 14.2. The summed E-state index contributed by atoms with van der Waals surface area (Å²) in [6, 6.07) is 10.5. The van der Waals surface area contributed by atoms with Crippen LogP contribution in [0.3, 0.4) is 0 Å². The summed E-state index contributed by atoms with van der Waals surface area (Å²) < 4.78 is 5.48. The largest absolute Gasteiger partial charge is 0.444 e. The van der Waals surface area contributed by atoms with Gasteiger partial charge in [-0.1, -0.05) is 81.8 Å². The molecule has 2 rings (SSSR count). The molecule has 0 aliphatic carbocycles. The number of benzene rings is 2. The van der Waals surface area contributed by atoms with E-state index in [9.17, 15) is 14.4 Å².